The molecule has 114 valence electrons. The molecule has 0 bridgehead atoms. The Morgan fingerprint density at radius 3 is 2.52 bits per heavy atom. The molecular formula is C15H22N4OS. The van der Waals surface area contributed by atoms with Crippen LogP contribution in [0.4, 0.5) is 5.13 Å². The normalized spacial score (nSPS) is 12.5. The third-order valence-electron chi connectivity index (χ3n) is 3.85. The van der Waals surface area contributed by atoms with Crippen LogP contribution >= 0.6 is 11.3 Å². The van der Waals surface area contributed by atoms with Crippen molar-refractivity contribution in [3.63, 3.8) is 0 Å². The van der Waals surface area contributed by atoms with Crippen LogP contribution in [0.15, 0.2) is 0 Å². The Balaban J connectivity index is 2.19. The minimum absolute atomic E-state index is 0.0365. The molecule has 0 spiro atoms. The van der Waals surface area contributed by atoms with Gasteiger partial charge in [0.15, 0.2) is 5.13 Å². The lowest BCUT2D eigenvalue weighted by atomic mass is 9.98. The van der Waals surface area contributed by atoms with Gasteiger partial charge in [0.1, 0.15) is 0 Å². The molecule has 0 saturated heterocycles. The van der Waals surface area contributed by atoms with Crippen molar-refractivity contribution in [1.29, 1.82) is 0 Å². The minimum Gasteiger partial charge on any atom is -0.301 e. The molecule has 1 atom stereocenters. The van der Waals surface area contributed by atoms with Gasteiger partial charge in [-0.3, -0.25) is 9.48 Å². The number of rotatable bonds is 4. The maximum Gasteiger partial charge on any atom is 0.233 e. The number of amides is 1. The summed E-state index contributed by atoms with van der Waals surface area (Å²) in [6, 6.07) is 0. The van der Waals surface area contributed by atoms with E-state index in [1.807, 2.05) is 39.4 Å². The van der Waals surface area contributed by atoms with E-state index < -0.39 is 0 Å². The van der Waals surface area contributed by atoms with Crippen LogP contribution in [0.5, 0.6) is 0 Å². The Morgan fingerprint density at radius 1 is 1.38 bits per heavy atom. The van der Waals surface area contributed by atoms with E-state index in [1.54, 1.807) is 0 Å². The van der Waals surface area contributed by atoms with E-state index in [2.05, 4.69) is 22.3 Å². The van der Waals surface area contributed by atoms with Gasteiger partial charge >= 0.3 is 0 Å². The maximum atomic E-state index is 12.5. The van der Waals surface area contributed by atoms with E-state index in [0.29, 0.717) is 5.13 Å². The highest BCUT2D eigenvalue weighted by molar-refractivity contribution is 7.15. The van der Waals surface area contributed by atoms with Crippen LogP contribution in [0.25, 0.3) is 0 Å². The predicted octanol–water partition coefficient (Wildman–Crippen LogP) is 3.11. The second-order valence-electron chi connectivity index (χ2n) is 5.29. The molecule has 0 aliphatic rings. The van der Waals surface area contributed by atoms with E-state index in [9.17, 15) is 4.79 Å². The fourth-order valence-electron chi connectivity index (χ4n) is 2.57. The van der Waals surface area contributed by atoms with E-state index in [1.165, 1.54) is 11.3 Å². The monoisotopic (exact) mass is 306 g/mol. The van der Waals surface area contributed by atoms with Crippen molar-refractivity contribution in [2.75, 3.05) is 5.32 Å². The van der Waals surface area contributed by atoms with E-state index in [4.69, 9.17) is 0 Å². The van der Waals surface area contributed by atoms with Crippen LogP contribution in [-0.4, -0.2) is 20.7 Å². The van der Waals surface area contributed by atoms with Crippen LogP contribution < -0.4 is 5.32 Å². The standard InChI is InChI=1S/C15H22N4OS/c1-7-12-11(5)21-15(16-12)17-14(20)8(2)13-9(3)18-19(6)10(13)4/h8H,7H2,1-6H3,(H,16,17,20)/t8-/m1/s1. The minimum atomic E-state index is -0.243. The van der Waals surface area contributed by atoms with Gasteiger partial charge < -0.3 is 5.32 Å². The Kier molecular flexibility index (Phi) is 4.46. The summed E-state index contributed by atoms with van der Waals surface area (Å²) in [5.74, 6) is -0.279. The third kappa shape index (κ3) is 3.00. The van der Waals surface area contributed by atoms with Crippen LogP contribution in [-0.2, 0) is 18.3 Å². The Hall–Kier alpha value is -1.69. The Bertz CT molecular complexity index is 672. The van der Waals surface area contributed by atoms with Crippen molar-refractivity contribution in [3.8, 4) is 0 Å². The summed E-state index contributed by atoms with van der Waals surface area (Å²) >= 11 is 1.53. The van der Waals surface area contributed by atoms with Crippen LogP contribution in [0.1, 0.15) is 47.3 Å². The largest absolute Gasteiger partial charge is 0.301 e. The first kappa shape index (κ1) is 15.7. The molecule has 0 aromatic carbocycles. The number of hydrogen-bond donors (Lipinski definition) is 1. The summed E-state index contributed by atoms with van der Waals surface area (Å²) in [5, 5.41) is 7.99. The first-order chi connectivity index (χ1) is 9.85. The van der Waals surface area contributed by atoms with Gasteiger partial charge in [-0.25, -0.2) is 4.98 Å². The lowest BCUT2D eigenvalue weighted by molar-refractivity contribution is -0.117. The van der Waals surface area contributed by atoms with Crippen LogP contribution in [0.2, 0.25) is 0 Å². The number of carbonyl (C=O) groups excluding carboxylic acids is 1. The molecule has 0 aliphatic carbocycles. The SMILES string of the molecule is CCc1nc(NC(=O)[C@H](C)c2c(C)nn(C)c2C)sc1C. The first-order valence-corrected chi connectivity index (χ1v) is 7.94. The molecule has 0 fully saturated rings. The van der Waals surface area contributed by atoms with Gasteiger partial charge in [0, 0.05) is 23.2 Å². The molecule has 2 aromatic rings. The highest BCUT2D eigenvalue weighted by Crippen LogP contribution is 2.27. The summed E-state index contributed by atoms with van der Waals surface area (Å²) in [6.07, 6.45) is 0.884. The number of anilines is 1. The van der Waals surface area contributed by atoms with E-state index in [0.717, 1.165) is 33.9 Å². The molecule has 0 radical (unpaired) electrons. The molecule has 0 unspecified atom stereocenters. The average Bonchev–Trinajstić information content (AvgIpc) is 2.89. The molecule has 2 rings (SSSR count). The topological polar surface area (TPSA) is 59.8 Å². The molecule has 0 saturated carbocycles. The Morgan fingerprint density at radius 2 is 2.05 bits per heavy atom. The summed E-state index contributed by atoms with van der Waals surface area (Å²) < 4.78 is 1.82. The van der Waals surface area contributed by atoms with E-state index in [-0.39, 0.29) is 11.8 Å². The second kappa shape index (κ2) is 5.97. The molecule has 6 heteroatoms. The van der Waals surface area contributed by atoms with Gasteiger partial charge in [0.2, 0.25) is 5.91 Å². The van der Waals surface area contributed by atoms with E-state index >= 15 is 0 Å². The zero-order valence-electron chi connectivity index (χ0n) is 13.4. The summed E-state index contributed by atoms with van der Waals surface area (Å²) in [4.78, 5) is 18.1. The van der Waals surface area contributed by atoms with Gasteiger partial charge in [-0.1, -0.05) is 6.92 Å². The fraction of sp³-hybridized carbons (Fsp3) is 0.533. The van der Waals surface area contributed by atoms with Gasteiger partial charge in [-0.15, -0.1) is 11.3 Å². The number of hydrogen-bond acceptors (Lipinski definition) is 4. The number of nitrogens with one attached hydrogen (secondary N) is 1. The van der Waals surface area contributed by atoms with Crippen molar-refractivity contribution in [3.05, 3.63) is 27.5 Å². The zero-order chi connectivity index (χ0) is 15.7. The van der Waals surface area contributed by atoms with Gasteiger partial charge in [-0.05, 0) is 34.1 Å². The number of aromatic nitrogens is 3. The number of thiazole rings is 1. The first-order valence-electron chi connectivity index (χ1n) is 7.12. The molecule has 2 aromatic heterocycles. The van der Waals surface area contributed by atoms with Crippen molar-refractivity contribution >= 4 is 22.4 Å². The Labute approximate surface area is 129 Å². The number of aryl methyl sites for hydroxylation is 4. The summed E-state index contributed by atoms with van der Waals surface area (Å²) in [7, 11) is 1.90. The average molecular weight is 306 g/mol. The number of carbonyl (C=O) groups is 1. The maximum absolute atomic E-state index is 12.5. The lowest BCUT2D eigenvalue weighted by Gasteiger charge is -2.11. The van der Waals surface area contributed by atoms with Crippen molar-refractivity contribution in [2.24, 2.45) is 7.05 Å². The fourth-order valence-corrected chi connectivity index (χ4v) is 3.48. The highest BCUT2D eigenvalue weighted by atomic mass is 32.1. The van der Waals surface area contributed by atoms with Crippen LogP contribution in [0, 0.1) is 20.8 Å². The van der Waals surface area contributed by atoms with Crippen molar-refractivity contribution < 1.29 is 4.79 Å². The molecule has 1 N–H and O–H groups in total. The van der Waals surface area contributed by atoms with Gasteiger partial charge in [0.05, 0.1) is 17.3 Å². The van der Waals surface area contributed by atoms with Crippen molar-refractivity contribution in [2.45, 2.75) is 47.0 Å². The van der Waals surface area contributed by atoms with Crippen LogP contribution in [0.3, 0.4) is 0 Å². The predicted molar refractivity (Wildman–Crippen MR) is 86.0 cm³/mol. The molecule has 1 amide bonds. The third-order valence-corrected chi connectivity index (χ3v) is 4.78. The molecule has 5 nitrogen and oxygen atoms in total. The smallest absolute Gasteiger partial charge is 0.233 e. The molecule has 0 aliphatic heterocycles. The lowest BCUT2D eigenvalue weighted by Crippen LogP contribution is -2.19. The summed E-state index contributed by atoms with van der Waals surface area (Å²) in [6.45, 7) is 9.94. The molecular weight excluding hydrogens is 284 g/mol. The molecule has 21 heavy (non-hydrogen) atoms. The van der Waals surface area contributed by atoms with Gasteiger partial charge in [0.25, 0.3) is 0 Å². The quantitative estimate of drug-likeness (QED) is 0.944. The zero-order valence-corrected chi connectivity index (χ0v) is 14.3. The second-order valence-corrected chi connectivity index (χ2v) is 6.50. The molecule has 2 heterocycles. The van der Waals surface area contributed by atoms with Crippen molar-refractivity contribution in [1.82, 2.24) is 14.8 Å². The van der Waals surface area contributed by atoms with Gasteiger partial charge in [-0.2, -0.15) is 5.10 Å². The highest BCUT2D eigenvalue weighted by Gasteiger charge is 2.23. The summed E-state index contributed by atoms with van der Waals surface area (Å²) in [5.41, 5.74) is 3.98. The number of nitrogens with zero attached hydrogens (tertiary/aromatic N) is 3.